The first-order valence-electron chi connectivity index (χ1n) is 6.04. The van der Waals surface area contributed by atoms with Gasteiger partial charge in [0.2, 0.25) is 0 Å². The number of ether oxygens (including phenoxy) is 1. The molecular formula is C14H18N2O2. The Labute approximate surface area is 107 Å². The Bertz CT molecular complexity index is 489. The van der Waals surface area contributed by atoms with Gasteiger partial charge in [-0.2, -0.15) is 0 Å². The summed E-state index contributed by atoms with van der Waals surface area (Å²) in [6.07, 6.45) is 4.05. The van der Waals surface area contributed by atoms with Crippen LogP contribution in [-0.4, -0.2) is 21.3 Å². The highest BCUT2D eigenvalue weighted by Crippen LogP contribution is 2.17. The number of aryl methyl sites for hydroxylation is 1. The number of hydrogen-bond acceptors (Lipinski definition) is 3. The van der Waals surface area contributed by atoms with Crippen LogP contribution in [0.5, 0.6) is 5.75 Å². The van der Waals surface area contributed by atoms with E-state index in [0.717, 1.165) is 23.6 Å². The van der Waals surface area contributed by atoms with Crippen LogP contribution in [0.15, 0.2) is 36.7 Å². The Balaban J connectivity index is 1.85. The minimum Gasteiger partial charge on any atom is -0.493 e. The van der Waals surface area contributed by atoms with Gasteiger partial charge < -0.3 is 14.4 Å². The Morgan fingerprint density at radius 3 is 2.61 bits per heavy atom. The third-order valence-electron chi connectivity index (χ3n) is 2.88. The maximum Gasteiger partial charge on any atom is 0.119 e. The maximum absolute atomic E-state index is 9.39. The summed E-state index contributed by atoms with van der Waals surface area (Å²) in [5.41, 5.74) is 0.895. The van der Waals surface area contributed by atoms with Crippen molar-refractivity contribution in [1.29, 1.82) is 0 Å². The minimum atomic E-state index is -0.438. The van der Waals surface area contributed by atoms with Crippen molar-refractivity contribution < 1.29 is 9.84 Å². The predicted octanol–water partition coefficient (Wildman–Crippen LogP) is 2.09. The number of aliphatic hydroxyl groups excluding tert-OH is 1. The lowest BCUT2D eigenvalue weighted by Crippen LogP contribution is -2.06. The summed E-state index contributed by atoms with van der Waals surface area (Å²) in [5, 5.41) is 9.39. The molecule has 0 amide bonds. The van der Waals surface area contributed by atoms with Crippen molar-refractivity contribution in [2.45, 2.75) is 19.4 Å². The summed E-state index contributed by atoms with van der Waals surface area (Å²) in [4.78, 5) is 4.23. The number of rotatable bonds is 5. The molecule has 1 N–H and O–H groups in total. The number of aliphatic hydroxyl groups is 1. The third-order valence-corrected chi connectivity index (χ3v) is 2.88. The van der Waals surface area contributed by atoms with E-state index in [1.54, 1.807) is 13.1 Å². The monoisotopic (exact) mass is 246 g/mol. The van der Waals surface area contributed by atoms with E-state index in [1.807, 2.05) is 42.1 Å². The number of aromatic nitrogens is 2. The molecule has 0 saturated carbocycles. The first-order chi connectivity index (χ1) is 8.66. The molecule has 0 bridgehead atoms. The summed E-state index contributed by atoms with van der Waals surface area (Å²) in [5.74, 6) is 1.82. The zero-order valence-electron chi connectivity index (χ0n) is 10.7. The van der Waals surface area contributed by atoms with E-state index in [0.29, 0.717) is 6.61 Å². The molecule has 2 aromatic rings. The van der Waals surface area contributed by atoms with Crippen LogP contribution in [0.25, 0.3) is 0 Å². The van der Waals surface area contributed by atoms with Gasteiger partial charge in [-0.1, -0.05) is 12.1 Å². The van der Waals surface area contributed by atoms with Crippen LogP contribution in [0.4, 0.5) is 0 Å². The number of imidazole rings is 1. The highest BCUT2D eigenvalue weighted by atomic mass is 16.5. The van der Waals surface area contributed by atoms with Crippen LogP contribution in [0.2, 0.25) is 0 Å². The van der Waals surface area contributed by atoms with E-state index in [9.17, 15) is 5.11 Å². The second kappa shape index (κ2) is 5.69. The summed E-state index contributed by atoms with van der Waals surface area (Å²) in [6, 6.07) is 7.50. The van der Waals surface area contributed by atoms with Crippen LogP contribution < -0.4 is 4.74 Å². The van der Waals surface area contributed by atoms with Gasteiger partial charge >= 0.3 is 0 Å². The molecule has 1 heterocycles. The smallest absolute Gasteiger partial charge is 0.119 e. The second-order valence-electron chi connectivity index (χ2n) is 4.30. The molecule has 0 radical (unpaired) electrons. The fourth-order valence-corrected chi connectivity index (χ4v) is 1.74. The summed E-state index contributed by atoms with van der Waals surface area (Å²) >= 11 is 0. The van der Waals surface area contributed by atoms with Crippen molar-refractivity contribution in [2.24, 2.45) is 7.05 Å². The molecule has 96 valence electrons. The molecule has 0 aliphatic carbocycles. The zero-order chi connectivity index (χ0) is 13.0. The van der Waals surface area contributed by atoms with Crippen molar-refractivity contribution in [3.63, 3.8) is 0 Å². The topological polar surface area (TPSA) is 47.3 Å². The van der Waals surface area contributed by atoms with E-state index in [2.05, 4.69) is 4.98 Å². The van der Waals surface area contributed by atoms with Crippen LogP contribution in [-0.2, 0) is 13.5 Å². The van der Waals surface area contributed by atoms with Gasteiger partial charge in [-0.15, -0.1) is 0 Å². The summed E-state index contributed by atoms with van der Waals surface area (Å²) in [6.45, 7) is 2.34. The largest absolute Gasteiger partial charge is 0.493 e. The lowest BCUT2D eigenvalue weighted by Gasteiger charge is -2.08. The van der Waals surface area contributed by atoms with Gasteiger partial charge in [0.05, 0.1) is 12.7 Å². The van der Waals surface area contributed by atoms with Crippen molar-refractivity contribution >= 4 is 0 Å². The molecule has 4 heteroatoms. The van der Waals surface area contributed by atoms with E-state index in [4.69, 9.17) is 4.74 Å². The lowest BCUT2D eigenvalue weighted by atomic mass is 10.1. The van der Waals surface area contributed by atoms with E-state index in [-0.39, 0.29) is 0 Å². The van der Waals surface area contributed by atoms with Gasteiger partial charge in [0.25, 0.3) is 0 Å². The minimum absolute atomic E-state index is 0.438. The molecule has 18 heavy (non-hydrogen) atoms. The number of hydrogen-bond donors (Lipinski definition) is 1. The van der Waals surface area contributed by atoms with Gasteiger partial charge in [-0.3, -0.25) is 0 Å². The molecular weight excluding hydrogens is 228 g/mol. The van der Waals surface area contributed by atoms with Gasteiger partial charge in [0, 0.05) is 25.9 Å². The van der Waals surface area contributed by atoms with Gasteiger partial charge in [-0.25, -0.2) is 4.98 Å². The fraction of sp³-hybridized carbons (Fsp3) is 0.357. The molecule has 0 spiro atoms. The van der Waals surface area contributed by atoms with Gasteiger partial charge in [0.1, 0.15) is 11.6 Å². The molecule has 0 aliphatic rings. The van der Waals surface area contributed by atoms with Gasteiger partial charge in [-0.05, 0) is 24.6 Å². The first kappa shape index (κ1) is 12.6. The molecule has 1 aromatic carbocycles. The third kappa shape index (κ3) is 3.11. The van der Waals surface area contributed by atoms with Crippen molar-refractivity contribution in [1.82, 2.24) is 9.55 Å². The fourth-order valence-electron chi connectivity index (χ4n) is 1.74. The molecule has 0 saturated heterocycles. The van der Waals surface area contributed by atoms with E-state index in [1.165, 1.54) is 0 Å². The number of nitrogens with zero attached hydrogens (tertiary/aromatic N) is 2. The van der Waals surface area contributed by atoms with Crippen molar-refractivity contribution in [3.05, 3.63) is 48.0 Å². The van der Waals surface area contributed by atoms with Crippen LogP contribution in [0.3, 0.4) is 0 Å². The Kier molecular flexibility index (Phi) is 3.99. The van der Waals surface area contributed by atoms with Gasteiger partial charge in [0.15, 0.2) is 0 Å². The lowest BCUT2D eigenvalue weighted by molar-refractivity contribution is 0.199. The highest BCUT2D eigenvalue weighted by Gasteiger charge is 2.02. The molecule has 1 unspecified atom stereocenters. The second-order valence-corrected chi connectivity index (χ2v) is 4.30. The molecule has 0 fully saturated rings. The molecule has 4 nitrogen and oxygen atoms in total. The Morgan fingerprint density at radius 2 is 2.06 bits per heavy atom. The molecule has 1 atom stereocenters. The first-order valence-corrected chi connectivity index (χ1v) is 6.04. The Morgan fingerprint density at radius 1 is 1.33 bits per heavy atom. The quantitative estimate of drug-likeness (QED) is 0.878. The normalized spacial score (nSPS) is 12.4. The highest BCUT2D eigenvalue weighted by molar-refractivity contribution is 5.28. The standard InChI is InChI=1S/C14H18N2O2/c1-11(17)12-3-5-13(6-4-12)18-10-7-14-15-8-9-16(14)2/h3-6,8-9,11,17H,7,10H2,1-2H3. The molecule has 1 aromatic heterocycles. The average Bonchev–Trinajstić information content (AvgIpc) is 2.76. The molecule has 2 rings (SSSR count). The SMILES string of the molecule is CC(O)c1ccc(OCCc2nccn2C)cc1. The summed E-state index contributed by atoms with van der Waals surface area (Å²) < 4.78 is 7.62. The van der Waals surface area contributed by atoms with E-state index < -0.39 is 6.10 Å². The predicted molar refractivity (Wildman–Crippen MR) is 69.5 cm³/mol. The summed E-state index contributed by atoms with van der Waals surface area (Å²) in [7, 11) is 1.97. The van der Waals surface area contributed by atoms with Crippen LogP contribution >= 0.6 is 0 Å². The van der Waals surface area contributed by atoms with Crippen LogP contribution in [0.1, 0.15) is 24.4 Å². The Hall–Kier alpha value is -1.81. The van der Waals surface area contributed by atoms with E-state index >= 15 is 0 Å². The van der Waals surface area contributed by atoms with Crippen LogP contribution in [0, 0.1) is 0 Å². The van der Waals surface area contributed by atoms with Crippen molar-refractivity contribution in [2.75, 3.05) is 6.61 Å². The number of benzene rings is 1. The maximum atomic E-state index is 9.39. The molecule has 0 aliphatic heterocycles. The zero-order valence-corrected chi connectivity index (χ0v) is 10.7. The average molecular weight is 246 g/mol. The van der Waals surface area contributed by atoms with Crippen molar-refractivity contribution in [3.8, 4) is 5.75 Å².